The SMILES string of the molecule is O=C(COCC(=O)N1CCC(CO)(CO)CC1)NCCCOCCCCNC(=O)OCC1c2ccccc2-c2ccccc21. The van der Waals surface area contributed by atoms with Crippen LogP contribution in [0.25, 0.3) is 11.1 Å². The minimum Gasteiger partial charge on any atom is -0.449 e. The van der Waals surface area contributed by atoms with Crippen LogP contribution in [0.4, 0.5) is 4.79 Å². The van der Waals surface area contributed by atoms with Gasteiger partial charge in [-0.05, 0) is 54.4 Å². The van der Waals surface area contributed by atoms with Crippen molar-refractivity contribution in [1.29, 1.82) is 0 Å². The molecule has 1 fully saturated rings. The van der Waals surface area contributed by atoms with Crippen LogP contribution in [0.1, 0.15) is 49.1 Å². The number of carbonyl (C=O) groups is 3. The van der Waals surface area contributed by atoms with Gasteiger partial charge >= 0.3 is 6.09 Å². The normalized spacial score (nSPS) is 15.4. The maximum Gasteiger partial charge on any atom is 0.407 e. The van der Waals surface area contributed by atoms with E-state index in [1.54, 1.807) is 4.90 Å². The highest BCUT2D eigenvalue weighted by Crippen LogP contribution is 2.44. The number of nitrogens with one attached hydrogen (secondary N) is 2. The number of nitrogens with zero attached hydrogens (tertiary/aromatic N) is 1. The molecule has 1 saturated heterocycles. The van der Waals surface area contributed by atoms with Crippen LogP contribution >= 0.6 is 0 Å². The molecule has 0 unspecified atom stereocenters. The van der Waals surface area contributed by atoms with E-state index < -0.39 is 11.5 Å². The van der Waals surface area contributed by atoms with Crippen molar-refractivity contribution < 1.29 is 38.8 Å². The van der Waals surface area contributed by atoms with E-state index in [0.29, 0.717) is 65.3 Å². The van der Waals surface area contributed by atoms with Gasteiger partial charge < -0.3 is 40.0 Å². The molecule has 0 bridgehead atoms. The Labute approximate surface area is 258 Å². The number of amides is 3. The average Bonchev–Trinajstić information content (AvgIpc) is 3.38. The number of aliphatic hydroxyl groups excluding tert-OH is 2. The summed E-state index contributed by atoms with van der Waals surface area (Å²) in [6, 6.07) is 16.5. The zero-order valence-corrected chi connectivity index (χ0v) is 25.3. The van der Waals surface area contributed by atoms with E-state index in [-0.39, 0.29) is 44.2 Å². The summed E-state index contributed by atoms with van der Waals surface area (Å²) in [5, 5.41) is 24.5. The topological polar surface area (TPSA) is 147 Å². The number of unbranched alkanes of at least 4 members (excludes halogenated alkanes) is 1. The molecule has 4 N–H and O–H groups in total. The van der Waals surface area contributed by atoms with E-state index in [1.165, 1.54) is 22.3 Å². The number of ether oxygens (including phenoxy) is 3. The zero-order valence-electron chi connectivity index (χ0n) is 25.3. The first-order valence-electron chi connectivity index (χ1n) is 15.5. The molecule has 240 valence electrons. The fourth-order valence-corrected chi connectivity index (χ4v) is 5.64. The third kappa shape index (κ3) is 9.25. The molecule has 4 rings (SSSR count). The first kappa shape index (κ1) is 33.4. The second kappa shape index (κ2) is 17.1. The van der Waals surface area contributed by atoms with Gasteiger partial charge in [-0.25, -0.2) is 4.79 Å². The number of aliphatic hydroxyl groups is 2. The highest BCUT2D eigenvalue weighted by atomic mass is 16.5. The van der Waals surface area contributed by atoms with Gasteiger partial charge in [0.2, 0.25) is 11.8 Å². The van der Waals surface area contributed by atoms with Crippen molar-refractivity contribution in [2.45, 2.75) is 38.0 Å². The molecule has 11 nitrogen and oxygen atoms in total. The molecule has 44 heavy (non-hydrogen) atoms. The lowest BCUT2D eigenvalue weighted by atomic mass is 9.80. The highest BCUT2D eigenvalue weighted by molar-refractivity contribution is 5.80. The van der Waals surface area contributed by atoms with E-state index in [0.717, 1.165) is 12.8 Å². The second-order valence-corrected chi connectivity index (χ2v) is 11.5. The number of hydrogen-bond acceptors (Lipinski definition) is 8. The molecule has 2 aliphatic rings. The highest BCUT2D eigenvalue weighted by Gasteiger charge is 2.35. The lowest BCUT2D eigenvalue weighted by molar-refractivity contribution is -0.141. The fraction of sp³-hybridized carbons (Fsp3) is 0.545. The first-order valence-corrected chi connectivity index (χ1v) is 15.5. The summed E-state index contributed by atoms with van der Waals surface area (Å²) >= 11 is 0. The Balaban J connectivity index is 0.957. The molecule has 2 aromatic rings. The smallest absolute Gasteiger partial charge is 0.407 e. The molecule has 1 aliphatic heterocycles. The summed E-state index contributed by atoms with van der Waals surface area (Å²) in [4.78, 5) is 38.1. The monoisotopic (exact) mass is 611 g/mol. The van der Waals surface area contributed by atoms with Crippen LogP contribution < -0.4 is 10.6 Å². The molecule has 0 atom stereocenters. The van der Waals surface area contributed by atoms with Crippen LogP contribution in [-0.2, 0) is 23.8 Å². The van der Waals surface area contributed by atoms with Crippen LogP contribution in [0.3, 0.4) is 0 Å². The van der Waals surface area contributed by atoms with Crippen molar-refractivity contribution >= 4 is 17.9 Å². The first-order chi connectivity index (χ1) is 21.5. The minimum atomic E-state index is -0.522. The van der Waals surface area contributed by atoms with Crippen molar-refractivity contribution in [3.63, 3.8) is 0 Å². The van der Waals surface area contributed by atoms with Crippen molar-refractivity contribution in [2.75, 3.05) is 72.4 Å². The van der Waals surface area contributed by atoms with Crippen molar-refractivity contribution in [2.24, 2.45) is 5.41 Å². The molecule has 0 spiro atoms. The van der Waals surface area contributed by atoms with Gasteiger partial charge in [0, 0.05) is 50.7 Å². The predicted octanol–water partition coefficient (Wildman–Crippen LogP) is 2.44. The van der Waals surface area contributed by atoms with Gasteiger partial charge in [0.25, 0.3) is 0 Å². The molecular weight excluding hydrogens is 566 g/mol. The number of alkyl carbamates (subject to hydrolysis) is 1. The molecule has 0 radical (unpaired) electrons. The van der Waals surface area contributed by atoms with Crippen molar-refractivity contribution in [1.82, 2.24) is 15.5 Å². The van der Waals surface area contributed by atoms with E-state index in [9.17, 15) is 24.6 Å². The Bertz CT molecular complexity index is 1180. The molecule has 2 aromatic carbocycles. The van der Waals surface area contributed by atoms with Gasteiger partial charge in [-0.2, -0.15) is 0 Å². The summed E-state index contributed by atoms with van der Waals surface area (Å²) in [5.41, 5.74) is 4.24. The number of fused-ring (bicyclic) bond motifs is 3. The number of rotatable bonds is 17. The van der Waals surface area contributed by atoms with Crippen molar-refractivity contribution in [3.05, 3.63) is 59.7 Å². The number of carbonyl (C=O) groups excluding carboxylic acids is 3. The zero-order chi connectivity index (χ0) is 31.2. The maximum absolute atomic E-state index is 12.3. The number of likely N-dealkylation sites (tertiary alicyclic amines) is 1. The second-order valence-electron chi connectivity index (χ2n) is 11.5. The van der Waals surface area contributed by atoms with Crippen LogP contribution in [0.15, 0.2) is 48.5 Å². The summed E-state index contributed by atoms with van der Waals surface area (Å²) in [6.45, 7) is 2.60. The molecule has 3 amide bonds. The summed E-state index contributed by atoms with van der Waals surface area (Å²) in [6.07, 6.45) is 2.84. The van der Waals surface area contributed by atoms with E-state index in [2.05, 4.69) is 34.9 Å². The number of benzene rings is 2. The quantitative estimate of drug-likeness (QED) is 0.200. The summed E-state index contributed by atoms with van der Waals surface area (Å²) in [7, 11) is 0. The third-order valence-corrected chi connectivity index (χ3v) is 8.42. The lowest BCUT2D eigenvalue weighted by Crippen LogP contribution is -2.47. The van der Waals surface area contributed by atoms with Crippen molar-refractivity contribution in [3.8, 4) is 11.1 Å². The van der Waals surface area contributed by atoms with Crippen LogP contribution in [0.2, 0.25) is 0 Å². The van der Waals surface area contributed by atoms with Crippen LogP contribution in [0, 0.1) is 5.41 Å². The average molecular weight is 612 g/mol. The number of piperidine rings is 1. The molecule has 1 heterocycles. The van der Waals surface area contributed by atoms with E-state index >= 15 is 0 Å². The molecular formula is C33H45N3O8. The maximum atomic E-state index is 12.3. The Kier molecular flexibility index (Phi) is 13.0. The van der Waals surface area contributed by atoms with Crippen LogP contribution in [0.5, 0.6) is 0 Å². The van der Waals surface area contributed by atoms with E-state index in [1.807, 2.05) is 24.3 Å². The molecule has 1 aliphatic carbocycles. The van der Waals surface area contributed by atoms with Gasteiger partial charge in [-0.15, -0.1) is 0 Å². The van der Waals surface area contributed by atoms with Gasteiger partial charge in [0.05, 0.1) is 13.2 Å². The Morgan fingerprint density at radius 1 is 0.795 bits per heavy atom. The molecule has 0 saturated carbocycles. The van der Waals surface area contributed by atoms with Gasteiger partial charge in [-0.1, -0.05) is 48.5 Å². The van der Waals surface area contributed by atoms with Crippen LogP contribution in [-0.4, -0.2) is 105 Å². The molecule has 11 heteroatoms. The summed E-state index contributed by atoms with van der Waals surface area (Å²) in [5.74, 6) is -0.462. The third-order valence-electron chi connectivity index (χ3n) is 8.42. The van der Waals surface area contributed by atoms with Gasteiger partial charge in [0.15, 0.2) is 0 Å². The predicted molar refractivity (Wildman–Crippen MR) is 164 cm³/mol. The minimum absolute atomic E-state index is 0.0382. The lowest BCUT2D eigenvalue weighted by Gasteiger charge is -2.39. The Hall–Kier alpha value is -3.51. The standard InChI is InChI=1S/C33H45N3O8/c37-23-33(24-38)12-16-36(17-13-33)31(40)22-43-21-30(39)34-15-7-19-42-18-6-5-14-35-32(41)44-20-29-27-10-3-1-8-25(27)26-9-2-4-11-28(26)29/h1-4,8-11,29,37-38H,5-7,12-24H2,(H,34,39)(H,35,41). The Morgan fingerprint density at radius 2 is 1.41 bits per heavy atom. The fourth-order valence-electron chi connectivity index (χ4n) is 5.64. The van der Waals surface area contributed by atoms with Gasteiger partial charge in [-0.3, -0.25) is 9.59 Å². The van der Waals surface area contributed by atoms with E-state index in [4.69, 9.17) is 14.2 Å². The Morgan fingerprint density at radius 3 is 2.07 bits per heavy atom. The molecule has 0 aromatic heterocycles. The van der Waals surface area contributed by atoms with Gasteiger partial charge in [0.1, 0.15) is 19.8 Å². The number of hydrogen-bond donors (Lipinski definition) is 4. The largest absolute Gasteiger partial charge is 0.449 e. The summed E-state index contributed by atoms with van der Waals surface area (Å²) < 4.78 is 16.4.